The second-order valence-corrected chi connectivity index (χ2v) is 5.14. The molecule has 0 bridgehead atoms. The Kier molecular flexibility index (Phi) is 4.04. The molecule has 0 aliphatic rings. The zero-order valence-corrected chi connectivity index (χ0v) is 12.6. The first-order valence-corrected chi connectivity index (χ1v) is 6.63. The summed E-state index contributed by atoms with van der Waals surface area (Å²) < 4.78 is 7.28. The Labute approximate surface area is 119 Å². The highest BCUT2D eigenvalue weighted by Gasteiger charge is 2.23. The number of methoxy groups -OCH3 is 1. The highest BCUT2D eigenvalue weighted by molar-refractivity contribution is 5.38. The lowest BCUT2D eigenvalue weighted by Crippen LogP contribution is -2.21. The van der Waals surface area contributed by atoms with E-state index in [1.807, 2.05) is 24.6 Å². The van der Waals surface area contributed by atoms with Gasteiger partial charge in [-0.3, -0.25) is 4.68 Å². The van der Waals surface area contributed by atoms with Gasteiger partial charge in [0.1, 0.15) is 5.69 Å². The quantitative estimate of drug-likeness (QED) is 0.922. The molecule has 6 nitrogen and oxygen atoms in total. The number of ether oxygens (including phenoxy) is 1. The van der Waals surface area contributed by atoms with Crippen LogP contribution in [0.4, 0.5) is 0 Å². The molecule has 108 valence electrons. The van der Waals surface area contributed by atoms with Crippen LogP contribution < -0.4 is 10.5 Å². The van der Waals surface area contributed by atoms with Gasteiger partial charge in [0, 0.05) is 6.04 Å². The normalized spacial score (nSPS) is 12.8. The molecule has 0 saturated heterocycles. The van der Waals surface area contributed by atoms with E-state index in [1.54, 1.807) is 13.3 Å². The lowest BCUT2D eigenvalue weighted by atomic mass is 10.0. The molecule has 0 radical (unpaired) electrons. The van der Waals surface area contributed by atoms with E-state index in [-0.39, 0.29) is 12.1 Å². The van der Waals surface area contributed by atoms with E-state index >= 15 is 0 Å². The van der Waals surface area contributed by atoms with E-state index in [0.29, 0.717) is 5.75 Å². The van der Waals surface area contributed by atoms with Crippen LogP contribution in [0, 0.1) is 13.8 Å². The number of rotatable bonds is 4. The van der Waals surface area contributed by atoms with Crippen LogP contribution in [-0.2, 0) is 0 Å². The fourth-order valence-electron chi connectivity index (χ4n) is 2.25. The molecule has 0 spiro atoms. The van der Waals surface area contributed by atoms with Crippen LogP contribution in [0.2, 0.25) is 0 Å². The van der Waals surface area contributed by atoms with E-state index in [0.717, 1.165) is 22.6 Å². The van der Waals surface area contributed by atoms with Crippen LogP contribution in [0.5, 0.6) is 5.75 Å². The lowest BCUT2D eigenvalue weighted by molar-refractivity contribution is 0.400. The van der Waals surface area contributed by atoms with E-state index in [4.69, 9.17) is 10.5 Å². The summed E-state index contributed by atoms with van der Waals surface area (Å²) in [5, 5.41) is 12.5. The summed E-state index contributed by atoms with van der Waals surface area (Å²) in [6.07, 6.45) is 1.70. The molecule has 0 saturated carbocycles. The van der Waals surface area contributed by atoms with Crippen molar-refractivity contribution >= 4 is 0 Å². The molecule has 2 heterocycles. The molecule has 0 fully saturated rings. The Bertz CT molecular complexity index is 606. The Balaban J connectivity index is 2.55. The van der Waals surface area contributed by atoms with Crippen molar-refractivity contribution in [3.63, 3.8) is 0 Å². The van der Waals surface area contributed by atoms with E-state index in [1.165, 1.54) is 0 Å². The highest BCUT2D eigenvalue weighted by Crippen LogP contribution is 2.31. The third kappa shape index (κ3) is 2.51. The van der Waals surface area contributed by atoms with Gasteiger partial charge in [-0.2, -0.15) is 15.3 Å². The van der Waals surface area contributed by atoms with Gasteiger partial charge in [-0.15, -0.1) is 0 Å². The van der Waals surface area contributed by atoms with Crippen LogP contribution in [0.1, 0.15) is 48.6 Å². The fraction of sp³-hybridized carbons (Fsp3) is 0.500. The molecule has 1 unspecified atom stereocenters. The second-order valence-electron chi connectivity index (χ2n) is 5.14. The van der Waals surface area contributed by atoms with Crippen LogP contribution in [-0.4, -0.2) is 27.1 Å². The van der Waals surface area contributed by atoms with Gasteiger partial charge in [0.2, 0.25) is 0 Å². The summed E-state index contributed by atoms with van der Waals surface area (Å²) in [4.78, 5) is 0. The van der Waals surface area contributed by atoms with Gasteiger partial charge >= 0.3 is 0 Å². The van der Waals surface area contributed by atoms with E-state index in [9.17, 15) is 0 Å². The van der Waals surface area contributed by atoms with Crippen LogP contribution in [0.3, 0.4) is 0 Å². The Morgan fingerprint density at radius 3 is 2.55 bits per heavy atom. The predicted molar refractivity (Wildman–Crippen MR) is 76.7 cm³/mol. The van der Waals surface area contributed by atoms with Gasteiger partial charge < -0.3 is 10.5 Å². The SMILES string of the molecule is COc1cnn(C(C)C)c1C(N)c1cc(C)nnc1C. The molecule has 0 aromatic carbocycles. The topological polar surface area (TPSA) is 78.9 Å². The molecule has 1 atom stereocenters. The van der Waals surface area contributed by atoms with Crippen molar-refractivity contribution in [3.8, 4) is 5.75 Å². The van der Waals surface area contributed by atoms with Crippen molar-refractivity contribution in [2.24, 2.45) is 5.73 Å². The summed E-state index contributed by atoms with van der Waals surface area (Å²) in [5.74, 6) is 0.695. The van der Waals surface area contributed by atoms with Gasteiger partial charge in [-0.25, -0.2) is 0 Å². The minimum Gasteiger partial charge on any atom is -0.493 e. The van der Waals surface area contributed by atoms with Crippen molar-refractivity contribution in [1.29, 1.82) is 0 Å². The average Bonchev–Trinajstić information content (AvgIpc) is 2.84. The summed E-state index contributed by atoms with van der Waals surface area (Å²) in [5.41, 5.74) is 9.90. The smallest absolute Gasteiger partial charge is 0.161 e. The predicted octanol–water partition coefficient (Wildman–Crippen LogP) is 1.93. The first kappa shape index (κ1) is 14.5. The molecular formula is C14H21N5O. The largest absolute Gasteiger partial charge is 0.493 e. The fourth-order valence-corrected chi connectivity index (χ4v) is 2.25. The molecular weight excluding hydrogens is 254 g/mol. The van der Waals surface area contributed by atoms with Gasteiger partial charge in [-0.05, 0) is 39.3 Å². The zero-order chi connectivity index (χ0) is 14.9. The molecule has 0 aliphatic heterocycles. The van der Waals surface area contributed by atoms with Crippen molar-refractivity contribution in [2.45, 2.75) is 39.8 Å². The van der Waals surface area contributed by atoms with Gasteiger partial charge in [0.15, 0.2) is 5.75 Å². The van der Waals surface area contributed by atoms with E-state index < -0.39 is 0 Å². The minimum absolute atomic E-state index is 0.205. The third-order valence-electron chi connectivity index (χ3n) is 3.28. The Hall–Kier alpha value is -1.95. The lowest BCUT2D eigenvalue weighted by Gasteiger charge is -2.19. The maximum absolute atomic E-state index is 6.44. The van der Waals surface area contributed by atoms with Gasteiger partial charge in [0.05, 0.1) is 30.7 Å². The molecule has 0 aliphatic carbocycles. The van der Waals surface area contributed by atoms with Crippen molar-refractivity contribution in [3.05, 3.63) is 34.9 Å². The Morgan fingerprint density at radius 1 is 1.25 bits per heavy atom. The molecule has 2 aromatic rings. The maximum atomic E-state index is 6.44. The van der Waals surface area contributed by atoms with Crippen LogP contribution >= 0.6 is 0 Å². The minimum atomic E-state index is -0.343. The number of hydrogen-bond acceptors (Lipinski definition) is 5. The summed E-state index contributed by atoms with van der Waals surface area (Å²) in [6, 6.07) is 1.82. The Morgan fingerprint density at radius 2 is 1.95 bits per heavy atom. The monoisotopic (exact) mass is 275 g/mol. The van der Waals surface area contributed by atoms with Crippen molar-refractivity contribution in [1.82, 2.24) is 20.0 Å². The van der Waals surface area contributed by atoms with Crippen LogP contribution in [0.25, 0.3) is 0 Å². The molecule has 0 amide bonds. The molecule has 6 heteroatoms. The van der Waals surface area contributed by atoms with Crippen LogP contribution in [0.15, 0.2) is 12.3 Å². The first-order valence-electron chi connectivity index (χ1n) is 6.63. The standard InChI is InChI=1S/C14H21N5O/c1-8(2)19-14(12(20-5)7-16-19)13(15)11-6-9(3)17-18-10(11)4/h6-8,13H,15H2,1-5H3. The second kappa shape index (κ2) is 5.58. The number of nitrogens with two attached hydrogens (primary N) is 1. The van der Waals surface area contributed by atoms with Gasteiger partial charge in [-0.1, -0.05) is 0 Å². The average molecular weight is 275 g/mol. The first-order chi connectivity index (χ1) is 9.45. The summed E-state index contributed by atoms with van der Waals surface area (Å²) in [7, 11) is 1.63. The molecule has 20 heavy (non-hydrogen) atoms. The van der Waals surface area contributed by atoms with Crippen molar-refractivity contribution < 1.29 is 4.74 Å². The van der Waals surface area contributed by atoms with E-state index in [2.05, 4.69) is 29.1 Å². The third-order valence-corrected chi connectivity index (χ3v) is 3.28. The molecule has 2 N–H and O–H groups in total. The summed E-state index contributed by atoms with van der Waals surface area (Å²) >= 11 is 0. The zero-order valence-electron chi connectivity index (χ0n) is 12.6. The summed E-state index contributed by atoms with van der Waals surface area (Å²) in [6.45, 7) is 7.93. The van der Waals surface area contributed by atoms with Crippen molar-refractivity contribution in [2.75, 3.05) is 7.11 Å². The number of hydrogen-bond donors (Lipinski definition) is 1. The molecule has 2 aromatic heterocycles. The molecule has 2 rings (SSSR count). The maximum Gasteiger partial charge on any atom is 0.161 e. The number of nitrogens with zero attached hydrogens (tertiary/aromatic N) is 4. The number of aryl methyl sites for hydroxylation is 2. The number of aromatic nitrogens is 4. The highest BCUT2D eigenvalue weighted by atomic mass is 16.5. The van der Waals surface area contributed by atoms with Gasteiger partial charge in [0.25, 0.3) is 0 Å².